The zero-order valence-corrected chi connectivity index (χ0v) is 20.8. The zero-order chi connectivity index (χ0) is 25.4. The summed E-state index contributed by atoms with van der Waals surface area (Å²) in [5, 5.41) is 10.0. The number of halogens is 2. The van der Waals surface area contributed by atoms with E-state index in [1.807, 2.05) is 31.2 Å². The van der Waals surface area contributed by atoms with Crippen molar-refractivity contribution in [2.75, 3.05) is 19.7 Å². The largest absolute Gasteiger partial charge is 0.508 e. The summed E-state index contributed by atoms with van der Waals surface area (Å²) in [4.78, 5) is 2.46. The molecule has 3 atom stereocenters. The normalized spacial score (nSPS) is 20.7. The van der Waals surface area contributed by atoms with Crippen LogP contribution in [0, 0.1) is 17.6 Å². The Morgan fingerprint density at radius 3 is 2.53 bits per heavy atom. The number of likely N-dealkylation sites (tertiary alicyclic amines) is 1. The molecule has 0 spiro atoms. The Morgan fingerprint density at radius 1 is 1.06 bits per heavy atom. The second-order valence-electron chi connectivity index (χ2n) is 9.96. The Balaban J connectivity index is 1.43. The highest BCUT2D eigenvalue weighted by molar-refractivity contribution is 5.95. The van der Waals surface area contributed by atoms with E-state index in [2.05, 4.69) is 18.7 Å². The van der Waals surface area contributed by atoms with Gasteiger partial charge in [0.2, 0.25) is 0 Å². The van der Waals surface area contributed by atoms with Crippen LogP contribution < -0.4 is 9.47 Å². The number of ether oxygens (including phenoxy) is 2. The third kappa shape index (κ3) is 4.82. The molecule has 4 nitrogen and oxygen atoms in total. The molecule has 0 bridgehead atoms. The number of allylic oxidation sites excluding steroid dienone is 1. The minimum Gasteiger partial charge on any atom is -0.508 e. The molecule has 3 aromatic rings. The van der Waals surface area contributed by atoms with E-state index in [-0.39, 0.29) is 11.3 Å². The van der Waals surface area contributed by atoms with Crippen molar-refractivity contribution in [1.82, 2.24) is 4.90 Å². The fourth-order valence-electron chi connectivity index (χ4n) is 5.16. The maximum absolute atomic E-state index is 14.9. The second-order valence-corrected chi connectivity index (χ2v) is 9.96. The maximum Gasteiger partial charge on any atom is 0.150 e. The number of fused-ring (bicyclic) bond motifs is 1. The minimum absolute atomic E-state index is 0.0909. The number of nitrogens with zero attached hydrogens (tertiary/aromatic N) is 1. The second kappa shape index (κ2) is 9.94. The molecule has 0 radical (unpaired) electrons. The van der Waals surface area contributed by atoms with E-state index in [1.54, 1.807) is 18.2 Å². The molecule has 2 aliphatic rings. The third-order valence-electron chi connectivity index (χ3n) is 7.25. The number of rotatable bonds is 6. The number of benzene rings is 3. The highest BCUT2D eigenvalue weighted by Crippen LogP contribution is 2.48. The molecule has 1 fully saturated rings. The molecule has 5 rings (SSSR count). The van der Waals surface area contributed by atoms with Crippen LogP contribution in [0.5, 0.6) is 17.2 Å². The van der Waals surface area contributed by atoms with Gasteiger partial charge in [-0.15, -0.1) is 0 Å². The molecule has 36 heavy (non-hydrogen) atoms. The molecule has 3 aromatic carbocycles. The summed E-state index contributed by atoms with van der Waals surface area (Å²) in [5.74, 6) is 0.873. The minimum atomic E-state index is -0.660. The van der Waals surface area contributed by atoms with Gasteiger partial charge in [-0.25, -0.2) is 8.78 Å². The number of hydrogen-bond acceptors (Lipinski definition) is 4. The van der Waals surface area contributed by atoms with Crippen LogP contribution in [0.15, 0.2) is 60.7 Å². The summed E-state index contributed by atoms with van der Waals surface area (Å²) in [7, 11) is 0. The van der Waals surface area contributed by atoms with Crippen LogP contribution in [0.1, 0.15) is 50.0 Å². The van der Waals surface area contributed by atoms with Crippen molar-refractivity contribution in [3.05, 3.63) is 89.0 Å². The van der Waals surface area contributed by atoms with Crippen LogP contribution in [-0.4, -0.2) is 35.7 Å². The van der Waals surface area contributed by atoms with Crippen molar-refractivity contribution in [3.8, 4) is 17.2 Å². The lowest BCUT2D eigenvalue weighted by atomic mass is 9.86. The van der Waals surface area contributed by atoms with Crippen LogP contribution in [0.2, 0.25) is 0 Å². The Bertz CT molecular complexity index is 1290. The molecule has 6 heteroatoms. The monoisotopic (exact) mass is 491 g/mol. The Labute approximate surface area is 210 Å². The topological polar surface area (TPSA) is 41.9 Å². The van der Waals surface area contributed by atoms with E-state index in [4.69, 9.17) is 9.47 Å². The predicted molar refractivity (Wildman–Crippen MR) is 137 cm³/mol. The summed E-state index contributed by atoms with van der Waals surface area (Å²) < 4.78 is 41.0. The highest BCUT2D eigenvalue weighted by Gasteiger charge is 2.31. The molecule has 0 aromatic heterocycles. The molecule has 0 saturated carbocycles. The molecular formula is C30H31F2NO3. The van der Waals surface area contributed by atoms with Crippen LogP contribution in [0.25, 0.3) is 11.1 Å². The summed E-state index contributed by atoms with van der Waals surface area (Å²) in [6.45, 7) is 9.16. The van der Waals surface area contributed by atoms with Crippen LogP contribution in [0.4, 0.5) is 8.78 Å². The SMILES string of the molecule is CC1=C(c2ccc(F)cc2F)C(c2ccc(OC[C@H](C)N3CC[C@@H](C)C3)cc2)Oc2ccc(O)cc21. The molecular weight excluding hydrogens is 460 g/mol. The van der Waals surface area contributed by atoms with E-state index >= 15 is 0 Å². The maximum atomic E-state index is 14.9. The lowest BCUT2D eigenvalue weighted by Gasteiger charge is -2.31. The van der Waals surface area contributed by atoms with Gasteiger partial charge in [-0.05, 0) is 86.3 Å². The van der Waals surface area contributed by atoms with Gasteiger partial charge in [0.15, 0.2) is 0 Å². The predicted octanol–water partition coefficient (Wildman–Crippen LogP) is 6.84. The smallest absolute Gasteiger partial charge is 0.150 e. The molecule has 2 aliphatic heterocycles. The molecule has 0 aliphatic carbocycles. The number of phenols is 1. The van der Waals surface area contributed by atoms with E-state index < -0.39 is 17.7 Å². The van der Waals surface area contributed by atoms with Gasteiger partial charge in [-0.2, -0.15) is 0 Å². The first-order valence-electron chi connectivity index (χ1n) is 12.4. The quantitative estimate of drug-likeness (QED) is 0.410. The van der Waals surface area contributed by atoms with E-state index in [0.717, 1.165) is 42.0 Å². The van der Waals surface area contributed by atoms with Crippen molar-refractivity contribution in [1.29, 1.82) is 0 Å². The highest BCUT2D eigenvalue weighted by atomic mass is 19.1. The molecule has 1 saturated heterocycles. The van der Waals surface area contributed by atoms with Crippen LogP contribution in [-0.2, 0) is 0 Å². The van der Waals surface area contributed by atoms with Gasteiger partial charge < -0.3 is 14.6 Å². The third-order valence-corrected chi connectivity index (χ3v) is 7.25. The average molecular weight is 492 g/mol. The summed E-state index contributed by atoms with van der Waals surface area (Å²) in [5.41, 5.74) is 3.12. The molecule has 188 valence electrons. The van der Waals surface area contributed by atoms with E-state index in [1.165, 1.54) is 18.6 Å². The van der Waals surface area contributed by atoms with Crippen molar-refractivity contribution in [2.45, 2.75) is 39.3 Å². The van der Waals surface area contributed by atoms with Crippen molar-refractivity contribution in [3.63, 3.8) is 0 Å². The van der Waals surface area contributed by atoms with E-state index in [9.17, 15) is 13.9 Å². The molecule has 1 unspecified atom stereocenters. The average Bonchev–Trinajstić information content (AvgIpc) is 3.30. The summed E-state index contributed by atoms with van der Waals surface area (Å²) in [6.07, 6.45) is 0.619. The van der Waals surface area contributed by atoms with Crippen molar-refractivity contribution < 1.29 is 23.4 Å². The number of hydrogen-bond donors (Lipinski definition) is 1. The van der Waals surface area contributed by atoms with Crippen molar-refractivity contribution >= 4 is 11.1 Å². The van der Waals surface area contributed by atoms with Gasteiger partial charge in [-0.1, -0.05) is 19.1 Å². The van der Waals surface area contributed by atoms with Crippen molar-refractivity contribution in [2.24, 2.45) is 5.92 Å². The van der Waals surface area contributed by atoms with Gasteiger partial charge in [0.05, 0.1) is 0 Å². The fraction of sp³-hybridized carbons (Fsp3) is 0.333. The summed E-state index contributed by atoms with van der Waals surface area (Å²) >= 11 is 0. The van der Waals surface area contributed by atoms with Gasteiger partial charge >= 0.3 is 0 Å². The first kappa shape index (κ1) is 24.3. The Kier molecular flexibility index (Phi) is 6.71. The van der Waals surface area contributed by atoms with Crippen LogP contribution >= 0.6 is 0 Å². The lowest BCUT2D eigenvalue weighted by Crippen LogP contribution is -2.35. The molecule has 0 amide bonds. The Morgan fingerprint density at radius 2 is 1.83 bits per heavy atom. The van der Waals surface area contributed by atoms with Crippen LogP contribution in [0.3, 0.4) is 0 Å². The molecule has 1 N–H and O–H groups in total. The van der Waals surface area contributed by atoms with E-state index in [0.29, 0.717) is 29.5 Å². The lowest BCUT2D eigenvalue weighted by molar-refractivity contribution is 0.169. The van der Waals surface area contributed by atoms with Gasteiger partial charge in [0.25, 0.3) is 0 Å². The fourth-order valence-corrected chi connectivity index (χ4v) is 5.16. The Hall–Kier alpha value is -3.38. The van der Waals surface area contributed by atoms with Gasteiger partial charge in [0.1, 0.15) is 41.6 Å². The van der Waals surface area contributed by atoms with Gasteiger partial charge in [-0.3, -0.25) is 4.90 Å². The molecule has 2 heterocycles. The number of phenolic OH excluding ortho intramolecular Hbond substituents is 1. The number of aromatic hydroxyl groups is 1. The first-order chi connectivity index (χ1) is 17.3. The first-order valence-corrected chi connectivity index (χ1v) is 12.4. The van der Waals surface area contributed by atoms with Gasteiger partial charge in [0, 0.05) is 35.4 Å². The standard InChI is InChI=1S/C30H31F2NO3/c1-18-12-13-33(16-18)19(2)17-35-24-8-4-21(5-9-24)30-29(25-10-6-22(31)14-27(25)32)20(3)26-15-23(34)7-11-28(26)36-30/h4-11,14-15,18-19,30,34H,12-13,16-17H2,1-3H3/t18-,19+,30?/m1/s1. The summed E-state index contributed by atoms with van der Waals surface area (Å²) in [6, 6.07) is 16.4. The zero-order valence-electron chi connectivity index (χ0n) is 20.8.